The molecule has 0 spiro atoms. The Labute approximate surface area is 75.0 Å². The van der Waals surface area contributed by atoms with Gasteiger partial charge in [-0.05, 0) is 19.9 Å². The minimum absolute atomic E-state index is 0.0208. The van der Waals surface area contributed by atoms with Gasteiger partial charge in [0.25, 0.3) is 0 Å². The second-order valence-electron chi connectivity index (χ2n) is 2.64. The molecular weight excluding hydrogens is 174 g/mol. The molecule has 0 aliphatic heterocycles. The molecule has 1 heterocycles. The minimum atomic E-state index is -0.945. The van der Waals surface area contributed by atoms with Crippen LogP contribution in [0.4, 0.5) is 8.78 Å². The van der Waals surface area contributed by atoms with Crippen LogP contribution < -0.4 is 0 Å². The lowest BCUT2D eigenvalue weighted by Crippen LogP contribution is -1.84. The fourth-order valence-corrected chi connectivity index (χ4v) is 0.988. The highest BCUT2D eigenvalue weighted by molar-refractivity contribution is 5.66. The van der Waals surface area contributed by atoms with Crippen LogP contribution in [0.2, 0.25) is 0 Å². The van der Waals surface area contributed by atoms with Gasteiger partial charge < -0.3 is 4.98 Å². The summed E-state index contributed by atoms with van der Waals surface area (Å²) in [6.45, 7) is 6.18. The molecule has 0 aromatic carbocycles. The lowest BCUT2D eigenvalue weighted by atomic mass is 10.3. The zero-order chi connectivity index (χ0) is 10.0. The van der Waals surface area contributed by atoms with Crippen molar-refractivity contribution >= 4 is 11.9 Å². The average molecular weight is 184 g/mol. The zero-order valence-corrected chi connectivity index (χ0v) is 7.49. The first-order valence-corrected chi connectivity index (χ1v) is 3.77. The largest absolute Gasteiger partial charge is 0.342 e. The van der Waals surface area contributed by atoms with Gasteiger partial charge in [0.15, 0.2) is 5.83 Å². The van der Waals surface area contributed by atoms with Crippen molar-refractivity contribution in [3.05, 3.63) is 29.6 Å². The first-order chi connectivity index (χ1) is 6.06. The SMILES string of the molecule is C=Cc1[nH]c(C)nc1/C(F)=C(\C)F. The zero-order valence-electron chi connectivity index (χ0n) is 7.49. The highest BCUT2D eigenvalue weighted by atomic mass is 19.2. The normalized spacial score (nSPS) is 12.6. The first-order valence-electron chi connectivity index (χ1n) is 3.77. The monoisotopic (exact) mass is 184 g/mol. The van der Waals surface area contributed by atoms with Gasteiger partial charge in [0.2, 0.25) is 0 Å². The molecule has 1 N–H and O–H groups in total. The van der Waals surface area contributed by atoms with E-state index < -0.39 is 11.7 Å². The number of H-pyrrole nitrogens is 1. The van der Waals surface area contributed by atoms with E-state index in [2.05, 4.69) is 16.5 Å². The summed E-state index contributed by atoms with van der Waals surface area (Å²) in [4.78, 5) is 6.56. The van der Waals surface area contributed by atoms with E-state index in [9.17, 15) is 8.78 Å². The molecule has 0 amide bonds. The highest BCUT2D eigenvalue weighted by Crippen LogP contribution is 2.23. The number of allylic oxidation sites excluding steroid dienone is 1. The third kappa shape index (κ3) is 1.83. The van der Waals surface area contributed by atoms with Crippen LogP contribution in [-0.4, -0.2) is 9.97 Å². The lowest BCUT2D eigenvalue weighted by Gasteiger charge is -1.93. The summed E-state index contributed by atoms with van der Waals surface area (Å²) < 4.78 is 25.6. The summed E-state index contributed by atoms with van der Waals surface area (Å²) in [5.41, 5.74) is 0.375. The molecule has 0 radical (unpaired) electrons. The third-order valence-corrected chi connectivity index (χ3v) is 1.56. The topological polar surface area (TPSA) is 28.7 Å². The van der Waals surface area contributed by atoms with Crippen LogP contribution in [-0.2, 0) is 0 Å². The lowest BCUT2D eigenvalue weighted by molar-refractivity contribution is 0.604. The number of nitrogens with one attached hydrogen (secondary N) is 1. The highest BCUT2D eigenvalue weighted by Gasteiger charge is 2.13. The van der Waals surface area contributed by atoms with Crippen LogP contribution >= 0.6 is 0 Å². The first kappa shape index (κ1) is 9.64. The predicted molar refractivity (Wildman–Crippen MR) is 48.2 cm³/mol. The van der Waals surface area contributed by atoms with Crippen LogP contribution in [0.15, 0.2) is 12.4 Å². The smallest absolute Gasteiger partial charge is 0.182 e. The molecule has 0 aliphatic carbocycles. The van der Waals surface area contributed by atoms with E-state index in [1.54, 1.807) is 6.92 Å². The molecule has 0 saturated carbocycles. The quantitative estimate of drug-likeness (QED) is 0.752. The Morgan fingerprint density at radius 2 is 2.15 bits per heavy atom. The second kappa shape index (κ2) is 3.51. The van der Waals surface area contributed by atoms with Gasteiger partial charge in [-0.2, -0.15) is 0 Å². The molecule has 1 aromatic heterocycles. The van der Waals surface area contributed by atoms with Gasteiger partial charge in [0.05, 0.1) is 5.69 Å². The van der Waals surface area contributed by atoms with Crippen molar-refractivity contribution < 1.29 is 8.78 Å². The van der Waals surface area contributed by atoms with Crippen LogP contribution in [0.1, 0.15) is 24.1 Å². The Bertz CT molecular complexity index is 360. The molecule has 0 fully saturated rings. The molecule has 70 valence electrons. The van der Waals surface area contributed by atoms with E-state index >= 15 is 0 Å². The molecule has 0 saturated heterocycles. The van der Waals surface area contributed by atoms with Gasteiger partial charge >= 0.3 is 0 Å². The Morgan fingerprint density at radius 3 is 2.62 bits per heavy atom. The van der Waals surface area contributed by atoms with Crippen molar-refractivity contribution in [2.75, 3.05) is 0 Å². The Kier molecular flexibility index (Phi) is 2.60. The molecule has 1 rings (SSSR count). The van der Waals surface area contributed by atoms with Gasteiger partial charge in [-0.25, -0.2) is 13.8 Å². The van der Waals surface area contributed by atoms with Gasteiger partial charge in [-0.1, -0.05) is 6.58 Å². The Balaban J connectivity index is 3.28. The number of aromatic nitrogens is 2. The number of aromatic amines is 1. The molecule has 0 unspecified atom stereocenters. The third-order valence-electron chi connectivity index (χ3n) is 1.56. The molecule has 0 bridgehead atoms. The molecule has 2 nitrogen and oxygen atoms in total. The van der Waals surface area contributed by atoms with Crippen molar-refractivity contribution in [1.82, 2.24) is 9.97 Å². The molecule has 0 atom stereocenters. The molecule has 13 heavy (non-hydrogen) atoms. The van der Waals surface area contributed by atoms with Crippen molar-refractivity contribution in [2.24, 2.45) is 0 Å². The molecule has 0 aliphatic rings. The van der Waals surface area contributed by atoms with E-state index in [1.807, 2.05) is 0 Å². The number of rotatable bonds is 2. The molecular formula is C9H10F2N2. The number of imidazole rings is 1. The van der Waals surface area contributed by atoms with Gasteiger partial charge in [0.1, 0.15) is 17.3 Å². The standard InChI is InChI=1S/C9H10F2N2/c1-4-7-9(8(11)5(2)10)13-6(3)12-7/h4H,1H2,2-3H3,(H,12,13)/b8-5-. The van der Waals surface area contributed by atoms with Gasteiger partial charge in [-0.3, -0.25) is 0 Å². The Hall–Kier alpha value is -1.45. The summed E-state index contributed by atoms with van der Waals surface area (Å²) in [5.74, 6) is -1.30. The van der Waals surface area contributed by atoms with E-state index in [4.69, 9.17) is 0 Å². The van der Waals surface area contributed by atoms with Crippen molar-refractivity contribution in [3.63, 3.8) is 0 Å². The van der Waals surface area contributed by atoms with Crippen molar-refractivity contribution in [3.8, 4) is 0 Å². The number of aryl methyl sites for hydroxylation is 1. The number of nitrogens with zero attached hydrogens (tertiary/aromatic N) is 1. The van der Waals surface area contributed by atoms with Crippen LogP contribution in [0, 0.1) is 6.92 Å². The number of hydrogen-bond acceptors (Lipinski definition) is 1. The summed E-state index contributed by atoms with van der Waals surface area (Å²) in [5, 5.41) is 0. The molecule has 1 aromatic rings. The maximum absolute atomic E-state index is 13.1. The maximum atomic E-state index is 13.1. The maximum Gasteiger partial charge on any atom is 0.182 e. The van der Waals surface area contributed by atoms with Gasteiger partial charge in [-0.15, -0.1) is 0 Å². The number of halogens is 2. The second-order valence-corrected chi connectivity index (χ2v) is 2.64. The van der Waals surface area contributed by atoms with Crippen LogP contribution in [0.3, 0.4) is 0 Å². The molecule has 4 heteroatoms. The summed E-state index contributed by atoms with van der Waals surface area (Å²) in [6, 6.07) is 0. The minimum Gasteiger partial charge on any atom is -0.342 e. The summed E-state index contributed by atoms with van der Waals surface area (Å²) >= 11 is 0. The van der Waals surface area contributed by atoms with Crippen LogP contribution in [0.5, 0.6) is 0 Å². The fourth-order valence-electron chi connectivity index (χ4n) is 0.988. The van der Waals surface area contributed by atoms with Crippen molar-refractivity contribution in [1.29, 1.82) is 0 Å². The summed E-state index contributed by atoms with van der Waals surface area (Å²) in [7, 11) is 0. The Morgan fingerprint density at radius 1 is 1.54 bits per heavy atom. The average Bonchev–Trinajstić information content (AvgIpc) is 2.45. The van der Waals surface area contributed by atoms with E-state index in [0.29, 0.717) is 11.5 Å². The van der Waals surface area contributed by atoms with E-state index in [0.717, 1.165) is 6.92 Å². The van der Waals surface area contributed by atoms with Crippen molar-refractivity contribution in [2.45, 2.75) is 13.8 Å². The summed E-state index contributed by atoms with van der Waals surface area (Å²) in [6.07, 6.45) is 1.40. The predicted octanol–water partition coefficient (Wildman–Crippen LogP) is 2.99. The fraction of sp³-hybridized carbons (Fsp3) is 0.222. The van der Waals surface area contributed by atoms with Crippen LogP contribution in [0.25, 0.3) is 11.9 Å². The van der Waals surface area contributed by atoms with E-state index in [1.165, 1.54) is 6.08 Å². The van der Waals surface area contributed by atoms with E-state index in [-0.39, 0.29) is 5.69 Å². The number of hydrogen-bond donors (Lipinski definition) is 1. The van der Waals surface area contributed by atoms with Gasteiger partial charge in [0, 0.05) is 0 Å².